The van der Waals surface area contributed by atoms with Crippen LogP contribution in [0.5, 0.6) is 11.5 Å². The maximum absolute atomic E-state index is 5.41. The lowest BCUT2D eigenvalue weighted by atomic mass is 10.0. The number of nitrogens with zero attached hydrogens (tertiary/aromatic N) is 2. The molecule has 0 spiro atoms. The number of benzene rings is 4. The van der Waals surface area contributed by atoms with Crippen molar-refractivity contribution < 1.29 is 9.47 Å². The maximum atomic E-state index is 5.41. The minimum absolute atomic E-state index is 0.789. The van der Waals surface area contributed by atoms with Gasteiger partial charge >= 0.3 is 0 Å². The van der Waals surface area contributed by atoms with Crippen molar-refractivity contribution >= 4 is 55.7 Å². The largest absolute Gasteiger partial charge is 0.496 e. The summed E-state index contributed by atoms with van der Waals surface area (Å²) in [6.45, 7) is 0. The van der Waals surface area contributed by atoms with E-state index in [0.29, 0.717) is 0 Å². The van der Waals surface area contributed by atoms with E-state index < -0.39 is 0 Å². The first-order chi connectivity index (χ1) is 17.0. The summed E-state index contributed by atoms with van der Waals surface area (Å²) >= 11 is 6.99. The quantitative estimate of drug-likeness (QED) is 0.193. The van der Waals surface area contributed by atoms with Crippen molar-refractivity contribution in [1.29, 1.82) is 0 Å². The van der Waals surface area contributed by atoms with Crippen molar-refractivity contribution in [2.75, 3.05) is 14.2 Å². The van der Waals surface area contributed by atoms with E-state index in [1.54, 1.807) is 14.2 Å². The highest BCUT2D eigenvalue weighted by molar-refractivity contribution is 9.10. The van der Waals surface area contributed by atoms with Gasteiger partial charge in [-0.3, -0.25) is 9.98 Å². The van der Waals surface area contributed by atoms with Crippen molar-refractivity contribution in [3.63, 3.8) is 0 Å². The molecule has 0 unspecified atom stereocenters. The van der Waals surface area contributed by atoms with Crippen LogP contribution in [0.25, 0.3) is 0 Å². The fraction of sp³-hybridized carbons (Fsp3) is 0.103. The van der Waals surface area contributed by atoms with Crippen molar-refractivity contribution in [3.05, 3.63) is 116 Å². The Balaban J connectivity index is 1.40. The van der Waals surface area contributed by atoms with Crippen LogP contribution in [-0.2, 0) is 6.42 Å². The zero-order valence-electron chi connectivity index (χ0n) is 19.4. The summed E-state index contributed by atoms with van der Waals surface area (Å²) < 4.78 is 12.8. The van der Waals surface area contributed by atoms with Gasteiger partial charge in [0.1, 0.15) is 11.5 Å². The monoisotopic (exact) mass is 590 g/mol. The third-order valence-corrected chi connectivity index (χ3v) is 6.36. The molecule has 0 aliphatic heterocycles. The Bertz CT molecular complexity index is 1240. The molecule has 0 atom stereocenters. The third-order valence-electron chi connectivity index (χ3n) is 5.37. The first-order valence-corrected chi connectivity index (χ1v) is 12.6. The average molecular weight is 592 g/mol. The summed E-state index contributed by atoms with van der Waals surface area (Å²) in [7, 11) is 3.32. The molecule has 4 rings (SSSR count). The topological polar surface area (TPSA) is 43.2 Å². The van der Waals surface area contributed by atoms with Crippen LogP contribution in [0.3, 0.4) is 0 Å². The number of halogens is 2. The Morgan fingerprint density at radius 1 is 0.600 bits per heavy atom. The molecule has 0 amide bonds. The molecule has 0 aliphatic carbocycles. The van der Waals surface area contributed by atoms with Crippen molar-refractivity contribution in [2.45, 2.75) is 6.42 Å². The predicted molar refractivity (Wildman–Crippen MR) is 152 cm³/mol. The van der Waals surface area contributed by atoms with Gasteiger partial charge in [-0.05, 0) is 78.2 Å². The van der Waals surface area contributed by atoms with Crippen molar-refractivity contribution in [1.82, 2.24) is 0 Å². The molecule has 176 valence electrons. The molecule has 0 aromatic heterocycles. The van der Waals surface area contributed by atoms with Crippen LogP contribution in [-0.4, -0.2) is 26.6 Å². The fourth-order valence-electron chi connectivity index (χ4n) is 3.54. The average Bonchev–Trinajstić information content (AvgIpc) is 2.88. The van der Waals surface area contributed by atoms with Gasteiger partial charge < -0.3 is 9.47 Å². The molecular formula is C29H24Br2N2O2. The van der Waals surface area contributed by atoms with Gasteiger partial charge in [-0.1, -0.05) is 56.1 Å². The number of rotatable bonds is 8. The van der Waals surface area contributed by atoms with Crippen molar-refractivity contribution in [2.24, 2.45) is 9.98 Å². The fourth-order valence-corrected chi connectivity index (χ4v) is 4.29. The molecule has 6 heteroatoms. The van der Waals surface area contributed by atoms with E-state index in [0.717, 1.165) is 49.4 Å². The summed E-state index contributed by atoms with van der Waals surface area (Å²) in [5.74, 6) is 1.58. The van der Waals surface area contributed by atoms with E-state index in [1.165, 1.54) is 11.1 Å². The zero-order valence-corrected chi connectivity index (χ0v) is 22.6. The highest BCUT2D eigenvalue weighted by Gasteiger charge is 2.03. The molecule has 4 aromatic rings. The number of hydrogen-bond donors (Lipinski definition) is 0. The molecule has 0 radical (unpaired) electrons. The van der Waals surface area contributed by atoms with Gasteiger partial charge in [0.15, 0.2) is 0 Å². The molecule has 35 heavy (non-hydrogen) atoms. The summed E-state index contributed by atoms with van der Waals surface area (Å²) in [5, 5.41) is 0. The Labute approximate surface area is 222 Å². The van der Waals surface area contributed by atoms with Gasteiger partial charge in [-0.15, -0.1) is 0 Å². The van der Waals surface area contributed by atoms with Crippen molar-refractivity contribution in [3.8, 4) is 11.5 Å². The molecule has 0 saturated heterocycles. The molecule has 0 aliphatic rings. The van der Waals surface area contributed by atoms with E-state index >= 15 is 0 Å². The smallest absolute Gasteiger partial charge is 0.127 e. The highest BCUT2D eigenvalue weighted by atomic mass is 79.9. The first-order valence-electron chi connectivity index (χ1n) is 11.0. The Kier molecular flexibility index (Phi) is 8.50. The van der Waals surface area contributed by atoms with Gasteiger partial charge in [-0.25, -0.2) is 0 Å². The minimum atomic E-state index is 0.789. The first kappa shape index (κ1) is 24.9. The number of hydrogen-bond acceptors (Lipinski definition) is 4. The van der Waals surface area contributed by atoms with Gasteiger partial charge in [0.2, 0.25) is 0 Å². The highest BCUT2D eigenvalue weighted by Crippen LogP contribution is 2.24. The molecule has 4 aromatic carbocycles. The Hall–Kier alpha value is -3.22. The standard InChI is InChI=1S/C29H24Br2N2O2/c1-34-28-13-7-24(30)16-22(28)18-32-26-9-3-20(4-10-26)15-21-5-11-27(12-6-21)33-19-23-17-25(31)8-14-29(23)35-2/h3-14,16-19H,15H2,1-2H3. The minimum Gasteiger partial charge on any atom is -0.496 e. The lowest BCUT2D eigenvalue weighted by Gasteiger charge is -2.06. The maximum Gasteiger partial charge on any atom is 0.127 e. The van der Waals surface area contributed by atoms with E-state index in [1.807, 2.05) is 73.1 Å². The van der Waals surface area contributed by atoms with Gasteiger partial charge in [0.05, 0.1) is 25.6 Å². The molecular weight excluding hydrogens is 568 g/mol. The van der Waals surface area contributed by atoms with E-state index in [9.17, 15) is 0 Å². The van der Waals surface area contributed by atoms with Gasteiger partial charge in [0.25, 0.3) is 0 Å². The van der Waals surface area contributed by atoms with E-state index in [4.69, 9.17) is 9.47 Å². The molecule has 0 N–H and O–H groups in total. The van der Waals surface area contributed by atoms with E-state index in [-0.39, 0.29) is 0 Å². The summed E-state index contributed by atoms with van der Waals surface area (Å²) in [4.78, 5) is 9.19. The Morgan fingerprint density at radius 3 is 1.37 bits per heavy atom. The van der Waals surface area contributed by atoms with Crippen LogP contribution in [0.4, 0.5) is 11.4 Å². The van der Waals surface area contributed by atoms with Crippen LogP contribution < -0.4 is 9.47 Å². The van der Waals surface area contributed by atoms with Crippen LogP contribution in [0.2, 0.25) is 0 Å². The second-order valence-corrected chi connectivity index (χ2v) is 9.63. The van der Waals surface area contributed by atoms with Crippen LogP contribution >= 0.6 is 31.9 Å². The van der Waals surface area contributed by atoms with Crippen LogP contribution in [0.15, 0.2) is 104 Å². The second kappa shape index (κ2) is 12.0. The van der Waals surface area contributed by atoms with Crippen LogP contribution in [0, 0.1) is 0 Å². The second-order valence-electron chi connectivity index (χ2n) is 7.80. The normalized spacial score (nSPS) is 11.3. The summed E-state index contributed by atoms with van der Waals surface area (Å²) in [6, 6.07) is 28.2. The van der Waals surface area contributed by atoms with E-state index in [2.05, 4.69) is 66.1 Å². The zero-order chi connectivity index (χ0) is 24.6. The SMILES string of the molecule is COc1ccc(Br)cc1C=Nc1ccc(Cc2ccc(N=Cc3cc(Br)ccc3OC)cc2)cc1. The number of methoxy groups -OCH3 is 2. The number of ether oxygens (including phenoxy) is 2. The molecule has 0 saturated carbocycles. The molecule has 0 bridgehead atoms. The molecule has 0 heterocycles. The lowest BCUT2D eigenvalue weighted by molar-refractivity contribution is 0.414. The Morgan fingerprint density at radius 2 is 1.00 bits per heavy atom. The molecule has 4 nitrogen and oxygen atoms in total. The van der Waals surface area contributed by atoms with Gasteiger partial charge in [0, 0.05) is 32.5 Å². The summed E-state index contributed by atoms with van der Waals surface area (Å²) in [5.41, 5.74) is 6.07. The number of aliphatic imine (C=N–C) groups is 2. The summed E-state index contributed by atoms with van der Waals surface area (Å²) in [6.07, 6.45) is 4.48. The lowest BCUT2D eigenvalue weighted by Crippen LogP contribution is -1.91. The molecule has 0 fully saturated rings. The van der Waals surface area contributed by atoms with Gasteiger partial charge in [-0.2, -0.15) is 0 Å². The van der Waals surface area contributed by atoms with Crippen LogP contribution in [0.1, 0.15) is 22.3 Å². The third kappa shape index (κ3) is 6.90. The predicted octanol–water partition coefficient (Wildman–Crippen LogP) is 8.32.